The van der Waals surface area contributed by atoms with Gasteiger partial charge in [0.15, 0.2) is 0 Å². The first-order valence-electron chi connectivity index (χ1n) is 8.55. The van der Waals surface area contributed by atoms with Crippen molar-refractivity contribution in [3.05, 3.63) is 58.1 Å². The maximum Gasteiger partial charge on any atom is 0.257 e. The first-order chi connectivity index (χ1) is 12.8. The summed E-state index contributed by atoms with van der Waals surface area (Å²) in [5, 5.41) is 3.03. The quantitative estimate of drug-likeness (QED) is 0.807. The maximum atomic E-state index is 12.9. The van der Waals surface area contributed by atoms with Crippen LogP contribution in [0, 0.1) is 13.8 Å². The van der Waals surface area contributed by atoms with E-state index in [-0.39, 0.29) is 15.5 Å². The highest BCUT2D eigenvalue weighted by Gasteiger charge is 2.27. The lowest BCUT2D eigenvalue weighted by atomic mass is 10.1. The molecule has 5 nitrogen and oxygen atoms in total. The minimum Gasteiger partial charge on any atom is -0.322 e. The zero-order valence-corrected chi connectivity index (χ0v) is 17.5. The molecule has 3 rings (SSSR count). The van der Waals surface area contributed by atoms with E-state index in [1.807, 2.05) is 32.0 Å². The number of carbonyl (C=O) groups is 1. The lowest BCUT2D eigenvalue weighted by Gasteiger charge is -2.25. The second kappa shape index (κ2) is 8.22. The second-order valence-electron chi connectivity index (χ2n) is 6.43. The van der Waals surface area contributed by atoms with Crippen molar-refractivity contribution < 1.29 is 13.2 Å². The van der Waals surface area contributed by atoms with Crippen LogP contribution in [0.3, 0.4) is 0 Å². The van der Waals surface area contributed by atoms with Crippen LogP contribution < -0.4 is 5.32 Å². The van der Waals surface area contributed by atoms with Crippen LogP contribution in [-0.4, -0.2) is 43.2 Å². The highest BCUT2D eigenvalue weighted by atomic mass is 35.5. The molecular formula is C19H21ClN2O3S2. The number of nitrogens with one attached hydrogen (secondary N) is 1. The molecular weight excluding hydrogens is 404 g/mol. The Morgan fingerprint density at radius 2 is 1.81 bits per heavy atom. The molecule has 144 valence electrons. The molecule has 1 heterocycles. The van der Waals surface area contributed by atoms with Gasteiger partial charge in [-0.3, -0.25) is 4.79 Å². The van der Waals surface area contributed by atoms with Gasteiger partial charge in [-0.05, 0) is 43.7 Å². The molecule has 0 atom stereocenters. The Labute approximate surface area is 169 Å². The van der Waals surface area contributed by atoms with Gasteiger partial charge in [0.1, 0.15) is 0 Å². The predicted molar refractivity (Wildman–Crippen MR) is 111 cm³/mol. The summed E-state index contributed by atoms with van der Waals surface area (Å²) in [6.45, 7) is 4.82. The minimum absolute atomic E-state index is 0.0876. The van der Waals surface area contributed by atoms with Crippen LogP contribution in [-0.2, 0) is 10.0 Å². The standard InChI is InChI=1S/C19H21ClN2O3S2/c1-13-3-6-18(14(2)11-13)21-19(23)16-12-15(4-5-17(16)20)27(24,25)22-7-9-26-10-8-22/h3-6,11-12H,7-10H2,1-2H3,(H,21,23). The molecule has 2 aromatic rings. The first kappa shape index (κ1) is 20.2. The predicted octanol–water partition coefficient (Wildman–Crippen LogP) is 3.95. The number of anilines is 1. The molecule has 0 radical (unpaired) electrons. The summed E-state index contributed by atoms with van der Waals surface area (Å²) in [7, 11) is -3.64. The third-order valence-corrected chi connectivity index (χ3v) is 7.59. The van der Waals surface area contributed by atoms with Crippen molar-refractivity contribution in [1.82, 2.24) is 4.31 Å². The summed E-state index contributed by atoms with van der Waals surface area (Å²) in [4.78, 5) is 12.8. The van der Waals surface area contributed by atoms with Gasteiger partial charge in [0.2, 0.25) is 10.0 Å². The van der Waals surface area contributed by atoms with E-state index in [0.29, 0.717) is 18.8 Å². The molecule has 0 bridgehead atoms. The molecule has 0 unspecified atom stereocenters. The number of nitrogens with zero attached hydrogens (tertiary/aromatic N) is 1. The van der Waals surface area contributed by atoms with Crippen molar-refractivity contribution in [3.63, 3.8) is 0 Å². The summed E-state index contributed by atoms with van der Waals surface area (Å²) in [5.74, 6) is 1.11. The van der Waals surface area contributed by atoms with Gasteiger partial charge >= 0.3 is 0 Å². The number of hydrogen-bond donors (Lipinski definition) is 1. The molecule has 0 spiro atoms. The highest BCUT2D eigenvalue weighted by molar-refractivity contribution is 7.99. The number of carbonyl (C=O) groups excluding carboxylic acids is 1. The van der Waals surface area contributed by atoms with Crippen molar-refractivity contribution in [2.75, 3.05) is 29.9 Å². The molecule has 1 saturated heterocycles. The first-order valence-corrected chi connectivity index (χ1v) is 11.5. The molecule has 1 aliphatic rings. The van der Waals surface area contributed by atoms with Crippen molar-refractivity contribution >= 4 is 45.0 Å². The Kier molecular flexibility index (Phi) is 6.15. The molecule has 1 aliphatic heterocycles. The number of halogens is 1. The zero-order chi connectivity index (χ0) is 19.6. The Morgan fingerprint density at radius 1 is 1.11 bits per heavy atom. The maximum absolute atomic E-state index is 12.9. The molecule has 8 heteroatoms. The van der Waals surface area contributed by atoms with E-state index in [9.17, 15) is 13.2 Å². The van der Waals surface area contributed by atoms with Gasteiger partial charge in [-0.25, -0.2) is 8.42 Å². The van der Waals surface area contributed by atoms with Crippen molar-refractivity contribution in [3.8, 4) is 0 Å². The number of sulfonamides is 1. The van der Waals surface area contributed by atoms with Gasteiger partial charge in [-0.1, -0.05) is 29.3 Å². The number of thioether (sulfide) groups is 1. The van der Waals surface area contributed by atoms with Crippen molar-refractivity contribution in [2.24, 2.45) is 0 Å². The molecule has 1 amide bonds. The summed E-state index contributed by atoms with van der Waals surface area (Å²) < 4.78 is 27.2. The fraction of sp³-hybridized carbons (Fsp3) is 0.316. The number of amides is 1. The van der Waals surface area contributed by atoms with Crippen LogP contribution in [0.5, 0.6) is 0 Å². The summed E-state index contributed by atoms with van der Waals surface area (Å²) in [6.07, 6.45) is 0. The van der Waals surface area contributed by atoms with Crippen LogP contribution in [0.1, 0.15) is 21.5 Å². The minimum atomic E-state index is -3.64. The topological polar surface area (TPSA) is 66.5 Å². The Bertz CT molecular complexity index is 971. The van der Waals surface area contributed by atoms with Crippen LogP contribution in [0.15, 0.2) is 41.3 Å². The Hall–Kier alpha value is -1.54. The van der Waals surface area contributed by atoms with E-state index >= 15 is 0 Å². The van der Waals surface area contributed by atoms with Gasteiger partial charge in [0.25, 0.3) is 5.91 Å². The zero-order valence-electron chi connectivity index (χ0n) is 15.2. The lowest BCUT2D eigenvalue weighted by molar-refractivity contribution is 0.102. The summed E-state index contributed by atoms with van der Waals surface area (Å²) in [6, 6.07) is 9.96. The van der Waals surface area contributed by atoms with Crippen molar-refractivity contribution in [1.29, 1.82) is 0 Å². The van der Waals surface area contributed by atoms with E-state index in [0.717, 1.165) is 22.6 Å². The fourth-order valence-electron chi connectivity index (χ4n) is 2.92. The molecule has 1 N–H and O–H groups in total. The van der Waals surface area contributed by atoms with E-state index in [1.54, 1.807) is 11.8 Å². The van der Waals surface area contributed by atoms with Crippen molar-refractivity contribution in [2.45, 2.75) is 18.7 Å². The van der Waals surface area contributed by atoms with Crippen LogP contribution in [0.25, 0.3) is 0 Å². The smallest absolute Gasteiger partial charge is 0.257 e. The third-order valence-electron chi connectivity index (χ3n) is 4.42. The van der Waals surface area contributed by atoms with Crippen LogP contribution in [0.2, 0.25) is 5.02 Å². The second-order valence-corrected chi connectivity index (χ2v) is 10.0. The molecule has 0 aliphatic carbocycles. The average Bonchev–Trinajstić information content (AvgIpc) is 2.65. The van der Waals surface area contributed by atoms with Gasteiger partial charge in [0, 0.05) is 30.3 Å². The molecule has 0 saturated carbocycles. The van der Waals surface area contributed by atoms with Crippen LogP contribution >= 0.6 is 23.4 Å². The number of aryl methyl sites for hydroxylation is 2. The largest absolute Gasteiger partial charge is 0.322 e. The van der Waals surface area contributed by atoms with Gasteiger partial charge in [-0.15, -0.1) is 0 Å². The normalized spacial score (nSPS) is 15.5. The SMILES string of the molecule is Cc1ccc(NC(=O)c2cc(S(=O)(=O)N3CCSCC3)ccc2Cl)c(C)c1. The van der Waals surface area contributed by atoms with Gasteiger partial charge in [-0.2, -0.15) is 16.1 Å². The molecule has 1 fully saturated rings. The number of benzene rings is 2. The number of hydrogen-bond acceptors (Lipinski definition) is 4. The molecule has 27 heavy (non-hydrogen) atoms. The molecule has 0 aromatic heterocycles. The van der Waals surface area contributed by atoms with E-state index in [4.69, 9.17) is 11.6 Å². The monoisotopic (exact) mass is 424 g/mol. The van der Waals surface area contributed by atoms with Gasteiger partial charge < -0.3 is 5.32 Å². The lowest BCUT2D eigenvalue weighted by Crippen LogP contribution is -2.37. The summed E-state index contributed by atoms with van der Waals surface area (Å²) >= 11 is 7.92. The van der Waals surface area contributed by atoms with E-state index < -0.39 is 15.9 Å². The fourth-order valence-corrected chi connectivity index (χ4v) is 5.72. The average molecular weight is 425 g/mol. The number of rotatable bonds is 4. The summed E-state index contributed by atoms with van der Waals surface area (Å²) in [5.41, 5.74) is 2.83. The van der Waals surface area contributed by atoms with E-state index in [2.05, 4.69) is 5.32 Å². The Morgan fingerprint density at radius 3 is 2.48 bits per heavy atom. The Balaban J connectivity index is 1.89. The highest BCUT2D eigenvalue weighted by Crippen LogP contribution is 2.26. The third kappa shape index (κ3) is 4.48. The van der Waals surface area contributed by atoms with Crippen LogP contribution in [0.4, 0.5) is 5.69 Å². The van der Waals surface area contributed by atoms with Gasteiger partial charge in [0.05, 0.1) is 15.5 Å². The molecule has 2 aromatic carbocycles. The van der Waals surface area contributed by atoms with E-state index in [1.165, 1.54) is 22.5 Å².